The second kappa shape index (κ2) is 5.62. The first-order chi connectivity index (χ1) is 6.39. The van der Waals surface area contributed by atoms with Gasteiger partial charge in [-0.15, -0.1) is 19.7 Å². The van der Waals surface area contributed by atoms with Crippen LogP contribution in [0.2, 0.25) is 19.6 Å². The average molecular weight is 242 g/mol. The van der Waals surface area contributed by atoms with Gasteiger partial charge in [0.25, 0.3) is 8.32 Å². The van der Waals surface area contributed by atoms with Gasteiger partial charge in [0, 0.05) is 0 Å². The van der Waals surface area contributed by atoms with Crippen molar-refractivity contribution < 1.29 is 8.23 Å². The van der Waals surface area contributed by atoms with Crippen molar-refractivity contribution in [3.05, 3.63) is 36.8 Å². The summed E-state index contributed by atoms with van der Waals surface area (Å²) in [5.41, 5.74) is 5.40. The maximum absolute atomic E-state index is 5.68. The SMILES string of the molecule is C=C[Si](C=C)(C=C)O[Si]O[Si](C)(C)C. The molecule has 0 saturated heterocycles. The molecular formula is C9H18O2Si3. The minimum atomic E-state index is -2.12. The van der Waals surface area contributed by atoms with E-state index in [-0.39, 0.29) is 10.0 Å². The summed E-state index contributed by atoms with van der Waals surface area (Å²) < 4.78 is 11.3. The molecule has 0 rings (SSSR count). The van der Waals surface area contributed by atoms with Crippen molar-refractivity contribution in [2.45, 2.75) is 19.6 Å². The quantitative estimate of drug-likeness (QED) is 0.639. The molecule has 78 valence electrons. The van der Waals surface area contributed by atoms with E-state index in [4.69, 9.17) is 8.23 Å². The first kappa shape index (κ1) is 13.8. The van der Waals surface area contributed by atoms with Gasteiger partial charge in [0.1, 0.15) is 0 Å². The molecule has 0 amide bonds. The molecule has 14 heavy (non-hydrogen) atoms. The van der Waals surface area contributed by atoms with Crippen molar-refractivity contribution in [3.63, 3.8) is 0 Å². The van der Waals surface area contributed by atoms with Gasteiger partial charge in [-0.2, -0.15) is 0 Å². The zero-order valence-electron chi connectivity index (χ0n) is 9.17. The second-order valence-corrected chi connectivity index (χ2v) is 12.8. The van der Waals surface area contributed by atoms with E-state index in [1.807, 2.05) is 0 Å². The van der Waals surface area contributed by atoms with E-state index in [9.17, 15) is 0 Å². The molecule has 0 N–H and O–H groups in total. The highest BCUT2D eigenvalue weighted by Crippen LogP contribution is 2.10. The van der Waals surface area contributed by atoms with E-state index in [0.29, 0.717) is 0 Å². The van der Waals surface area contributed by atoms with Crippen LogP contribution in [0, 0.1) is 0 Å². The third-order valence-electron chi connectivity index (χ3n) is 1.52. The van der Waals surface area contributed by atoms with Crippen LogP contribution in [-0.4, -0.2) is 26.6 Å². The fourth-order valence-electron chi connectivity index (χ4n) is 0.593. The van der Waals surface area contributed by atoms with E-state index in [2.05, 4.69) is 39.4 Å². The zero-order chi connectivity index (χ0) is 11.2. The van der Waals surface area contributed by atoms with Gasteiger partial charge >= 0.3 is 10.0 Å². The molecule has 2 radical (unpaired) electrons. The first-order valence-electron chi connectivity index (χ1n) is 4.41. The van der Waals surface area contributed by atoms with Crippen molar-refractivity contribution in [2.75, 3.05) is 0 Å². The van der Waals surface area contributed by atoms with Gasteiger partial charge < -0.3 is 8.23 Å². The van der Waals surface area contributed by atoms with Crippen molar-refractivity contribution in [1.82, 2.24) is 0 Å². The lowest BCUT2D eigenvalue weighted by molar-refractivity contribution is 0.464. The Hall–Kier alpha value is -0.209. The Morgan fingerprint density at radius 2 is 1.36 bits per heavy atom. The zero-order valence-corrected chi connectivity index (χ0v) is 12.2. The van der Waals surface area contributed by atoms with Crippen molar-refractivity contribution in [2.24, 2.45) is 0 Å². The summed E-state index contributed by atoms with van der Waals surface area (Å²) in [6, 6.07) is 0. The van der Waals surface area contributed by atoms with E-state index >= 15 is 0 Å². The van der Waals surface area contributed by atoms with Gasteiger partial charge in [-0.05, 0) is 19.6 Å². The molecule has 0 atom stereocenters. The Labute approximate surface area is 91.6 Å². The van der Waals surface area contributed by atoms with Crippen LogP contribution in [0.5, 0.6) is 0 Å². The van der Waals surface area contributed by atoms with Crippen LogP contribution < -0.4 is 0 Å². The van der Waals surface area contributed by atoms with Crippen LogP contribution in [-0.2, 0) is 8.23 Å². The fourth-order valence-corrected chi connectivity index (χ4v) is 4.21. The largest absolute Gasteiger partial charge is 0.435 e. The molecule has 0 saturated carbocycles. The van der Waals surface area contributed by atoms with E-state index in [0.717, 1.165) is 0 Å². The summed E-state index contributed by atoms with van der Waals surface area (Å²) in [5, 5.41) is 0. The van der Waals surface area contributed by atoms with E-state index in [1.54, 1.807) is 17.1 Å². The highest BCUT2D eigenvalue weighted by molar-refractivity contribution is 6.90. The lowest BCUT2D eigenvalue weighted by atomic mass is 11.2. The molecule has 0 bridgehead atoms. The van der Waals surface area contributed by atoms with Crippen molar-refractivity contribution in [1.29, 1.82) is 0 Å². The highest BCUT2D eigenvalue weighted by atomic mass is 28.4. The number of rotatable bonds is 7. The van der Waals surface area contributed by atoms with Crippen molar-refractivity contribution in [3.8, 4) is 0 Å². The molecule has 0 unspecified atom stereocenters. The molecule has 0 spiro atoms. The minimum Gasteiger partial charge on any atom is -0.435 e. The molecular weight excluding hydrogens is 224 g/mol. The van der Waals surface area contributed by atoms with Crippen LogP contribution in [0.1, 0.15) is 0 Å². The summed E-state index contributed by atoms with van der Waals surface area (Å²) in [4.78, 5) is 0. The average Bonchev–Trinajstić information content (AvgIpc) is 2.11. The summed E-state index contributed by atoms with van der Waals surface area (Å²) in [7, 11) is -3.54. The smallest absolute Gasteiger partial charge is 0.410 e. The molecule has 0 aliphatic rings. The Bertz CT molecular complexity index is 199. The normalized spacial score (nSPS) is 12.2. The standard InChI is InChI=1S/C9H18O2Si3/c1-7-14(8-2,9-3)11-12-10-13(4,5)6/h7-9H,1-3H2,4-6H3. The molecule has 0 aliphatic heterocycles. The third kappa shape index (κ3) is 4.87. The van der Waals surface area contributed by atoms with Crippen LogP contribution in [0.4, 0.5) is 0 Å². The maximum Gasteiger partial charge on any atom is 0.410 e. The Kier molecular flexibility index (Phi) is 5.53. The van der Waals surface area contributed by atoms with Gasteiger partial charge in [-0.1, -0.05) is 17.1 Å². The van der Waals surface area contributed by atoms with Gasteiger partial charge in [0.2, 0.25) is 0 Å². The Balaban J connectivity index is 4.15. The minimum absolute atomic E-state index is 0.0652. The lowest BCUT2D eigenvalue weighted by Crippen LogP contribution is -2.38. The summed E-state index contributed by atoms with van der Waals surface area (Å²) in [6.07, 6.45) is 0. The predicted octanol–water partition coefficient (Wildman–Crippen LogP) is 2.51. The summed E-state index contributed by atoms with van der Waals surface area (Å²) in [5.74, 6) is 0. The van der Waals surface area contributed by atoms with Crippen LogP contribution in [0.15, 0.2) is 36.8 Å². The lowest BCUT2D eigenvalue weighted by Gasteiger charge is -2.22. The maximum atomic E-state index is 5.68. The van der Waals surface area contributed by atoms with Gasteiger partial charge in [-0.3, -0.25) is 0 Å². The number of hydrogen-bond acceptors (Lipinski definition) is 2. The fraction of sp³-hybridized carbons (Fsp3) is 0.333. The predicted molar refractivity (Wildman–Crippen MR) is 67.6 cm³/mol. The molecule has 0 fully saturated rings. The molecule has 2 nitrogen and oxygen atoms in total. The van der Waals surface area contributed by atoms with Gasteiger partial charge in [0.15, 0.2) is 8.32 Å². The molecule has 0 heterocycles. The van der Waals surface area contributed by atoms with Gasteiger partial charge in [0.05, 0.1) is 0 Å². The third-order valence-corrected chi connectivity index (χ3v) is 7.97. The summed E-state index contributed by atoms with van der Waals surface area (Å²) >= 11 is 0. The molecule has 0 aromatic carbocycles. The molecule has 0 aromatic rings. The monoisotopic (exact) mass is 242 g/mol. The Morgan fingerprint density at radius 1 is 0.929 bits per heavy atom. The van der Waals surface area contributed by atoms with E-state index in [1.165, 1.54) is 0 Å². The van der Waals surface area contributed by atoms with E-state index < -0.39 is 16.6 Å². The second-order valence-electron chi connectivity index (χ2n) is 3.87. The molecule has 0 aliphatic carbocycles. The summed E-state index contributed by atoms with van der Waals surface area (Å²) in [6.45, 7) is 17.6. The molecule has 5 heteroatoms. The Morgan fingerprint density at radius 3 is 1.64 bits per heavy atom. The van der Waals surface area contributed by atoms with Gasteiger partial charge in [-0.25, -0.2) is 0 Å². The van der Waals surface area contributed by atoms with Crippen LogP contribution >= 0.6 is 0 Å². The first-order valence-corrected chi connectivity index (χ1v) is 10.8. The van der Waals surface area contributed by atoms with Crippen LogP contribution in [0.25, 0.3) is 0 Å². The molecule has 0 aromatic heterocycles. The van der Waals surface area contributed by atoms with Crippen molar-refractivity contribution >= 4 is 26.6 Å². The van der Waals surface area contributed by atoms with Crippen LogP contribution in [0.3, 0.4) is 0 Å². The number of hydrogen-bond donors (Lipinski definition) is 0. The topological polar surface area (TPSA) is 18.5 Å². The highest BCUT2D eigenvalue weighted by Gasteiger charge is 2.25.